The maximum atomic E-state index is 12.2. The summed E-state index contributed by atoms with van der Waals surface area (Å²) in [6.45, 7) is 0. The van der Waals surface area contributed by atoms with Crippen LogP contribution in [0, 0.1) is 0 Å². The van der Waals surface area contributed by atoms with Gasteiger partial charge in [-0.1, -0.05) is 0 Å². The van der Waals surface area contributed by atoms with E-state index in [9.17, 15) is 14.4 Å². The van der Waals surface area contributed by atoms with E-state index in [1.807, 2.05) is 0 Å². The standard InChI is InChI=1S/C15H12N4O3/c1-19-8-17-12-6-9(2-3-11(12)15(19)22)14(21)18-10-4-5-16-13(20)7-10/h2-8H,1H3,(H2,16,18,20,21). The minimum absolute atomic E-state index is 0.174. The number of amides is 1. The molecule has 110 valence electrons. The molecule has 0 saturated heterocycles. The van der Waals surface area contributed by atoms with Crippen molar-refractivity contribution in [1.29, 1.82) is 0 Å². The second-order valence-electron chi connectivity index (χ2n) is 4.79. The largest absolute Gasteiger partial charge is 0.329 e. The van der Waals surface area contributed by atoms with Crippen molar-refractivity contribution in [2.75, 3.05) is 5.32 Å². The molecule has 7 heteroatoms. The highest BCUT2D eigenvalue weighted by Crippen LogP contribution is 2.12. The lowest BCUT2D eigenvalue weighted by Crippen LogP contribution is -2.18. The Hall–Kier alpha value is -3.22. The van der Waals surface area contributed by atoms with E-state index in [1.165, 1.54) is 23.2 Å². The van der Waals surface area contributed by atoms with Gasteiger partial charge in [0.2, 0.25) is 5.56 Å². The second-order valence-corrected chi connectivity index (χ2v) is 4.79. The van der Waals surface area contributed by atoms with Crippen LogP contribution in [0.2, 0.25) is 0 Å². The molecule has 0 aliphatic carbocycles. The highest BCUT2D eigenvalue weighted by molar-refractivity contribution is 6.05. The fraction of sp³-hybridized carbons (Fsp3) is 0.0667. The van der Waals surface area contributed by atoms with Crippen LogP contribution in [-0.4, -0.2) is 20.4 Å². The molecule has 0 aliphatic rings. The third-order valence-corrected chi connectivity index (χ3v) is 3.21. The number of hydrogen-bond donors (Lipinski definition) is 2. The van der Waals surface area contributed by atoms with Crippen LogP contribution in [0.3, 0.4) is 0 Å². The fourth-order valence-electron chi connectivity index (χ4n) is 2.08. The van der Waals surface area contributed by atoms with Crippen molar-refractivity contribution < 1.29 is 4.79 Å². The second kappa shape index (κ2) is 5.28. The topological polar surface area (TPSA) is 96.8 Å². The number of aryl methyl sites for hydroxylation is 1. The number of rotatable bonds is 2. The van der Waals surface area contributed by atoms with E-state index >= 15 is 0 Å². The lowest BCUT2D eigenvalue weighted by atomic mass is 10.1. The summed E-state index contributed by atoms with van der Waals surface area (Å²) in [7, 11) is 1.61. The third-order valence-electron chi connectivity index (χ3n) is 3.21. The van der Waals surface area contributed by atoms with Gasteiger partial charge in [-0.2, -0.15) is 0 Å². The van der Waals surface area contributed by atoms with Crippen molar-refractivity contribution >= 4 is 22.5 Å². The minimum Gasteiger partial charge on any atom is -0.329 e. The van der Waals surface area contributed by atoms with Crippen molar-refractivity contribution in [3.63, 3.8) is 0 Å². The Labute approximate surface area is 124 Å². The van der Waals surface area contributed by atoms with Crippen LogP contribution in [0.1, 0.15) is 10.4 Å². The molecule has 7 nitrogen and oxygen atoms in total. The predicted molar refractivity (Wildman–Crippen MR) is 82.0 cm³/mol. The van der Waals surface area contributed by atoms with Gasteiger partial charge < -0.3 is 14.9 Å². The summed E-state index contributed by atoms with van der Waals surface area (Å²) in [4.78, 5) is 41.9. The number of carbonyl (C=O) groups is 1. The molecule has 0 bridgehead atoms. The molecular weight excluding hydrogens is 284 g/mol. The number of H-pyrrole nitrogens is 1. The number of pyridine rings is 1. The SMILES string of the molecule is Cn1cnc2cc(C(=O)Nc3cc[nH]c(=O)c3)ccc2c1=O. The number of aromatic amines is 1. The first-order chi connectivity index (χ1) is 10.5. The van der Waals surface area contributed by atoms with E-state index in [2.05, 4.69) is 15.3 Å². The van der Waals surface area contributed by atoms with Gasteiger partial charge in [0.15, 0.2) is 0 Å². The van der Waals surface area contributed by atoms with E-state index in [-0.39, 0.29) is 17.0 Å². The lowest BCUT2D eigenvalue weighted by Gasteiger charge is -2.06. The maximum absolute atomic E-state index is 12.2. The minimum atomic E-state index is -0.380. The van der Waals surface area contributed by atoms with Crippen LogP contribution in [0.15, 0.2) is 52.4 Å². The highest BCUT2D eigenvalue weighted by Gasteiger charge is 2.09. The first-order valence-electron chi connectivity index (χ1n) is 6.50. The quantitative estimate of drug-likeness (QED) is 0.733. The van der Waals surface area contributed by atoms with E-state index in [1.54, 1.807) is 31.3 Å². The van der Waals surface area contributed by atoms with Gasteiger partial charge >= 0.3 is 0 Å². The average molecular weight is 296 g/mol. The fourth-order valence-corrected chi connectivity index (χ4v) is 2.08. The summed E-state index contributed by atoms with van der Waals surface area (Å²) in [6, 6.07) is 7.52. The van der Waals surface area contributed by atoms with Gasteiger partial charge in [0.05, 0.1) is 17.2 Å². The Morgan fingerprint density at radius 1 is 1.23 bits per heavy atom. The molecule has 2 N–H and O–H groups in total. The zero-order valence-electron chi connectivity index (χ0n) is 11.7. The smallest absolute Gasteiger partial charge is 0.260 e. The number of aromatic nitrogens is 3. The summed E-state index contributed by atoms with van der Waals surface area (Å²) < 4.78 is 1.37. The van der Waals surface area contributed by atoms with Crippen LogP contribution < -0.4 is 16.4 Å². The summed E-state index contributed by atoms with van der Waals surface area (Å²) in [6.07, 6.45) is 2.85. The molecule has 0 fully saturated rings. The van der Waals surface area contributed by atoms with Gasteiger partial charge in [-0.15, -0.1) is 0 Å². The van der Waals surface area contributed by atoms with Crippen LogP contribution in [0.5, 0.6) is 0 Å². The van der Waals surface area contributed by atoms with Crippen LogP contribution in [0.4, 0.5) is 5.69 Å². The number of hydrogen-bond acceptors (Lipinski definition) is 4. The first kappa shape index (κ1) is 13.7. The Balaban J connectivity index is 1.96. The third kappa shape index (κ3) is 2.51. The van der Waals surface area contributed by atoms with Crippen LogP contribution in [-0.2, 0) is 7.05 Å². The van der Waals surface area contributed by atoms with Crippen molar-refractivity contribution in [2.45, 2.75) is 0 Å². The van der Waals surface area contributed by atoms with Gasteiger partial charge in [-0.05, 0) is 24.3 Å². The molecule has 22 heavy (non-hydrogen) atoms. The molecule has 1 amide bonds. The van der Waals surface area contributed by atoms with E-state index in [0.717, 1.165) is 0 Å². The Morgan fingerprint density at radius 3 is 2.82 bits per heavy atom. The molecular formula is C15H12N4O3. The highest BCUT2D eigenvalue weighted by atomic mass is 16.2. The molecule has 0 atom stereocenters. The summed E-state index contributed by atoms with van der Waals surface area (Å²) in [5.74, 6) is -0.380. The van der Waals surface area contributed by atoms with Crippen molar-refractivity contribution in [1.82, 2.24) is 14.5 Å². The zero-order valence-corrected chi connectivity index (χ0v) is 11.7. The molecule has 1 aromatic carbocycles. The number of anilines is 1. The molecule has 2 heterocycles. The zero-order chi connectivity index (χ0) is 15.7. The first-order valence-corrected chi connectivity index (χ1v) is 6.50. The molecule has 2 aromatic heterocycles. The molecule has 0 saturated carbocycles. The van der Waals surface area contributed by atoms with Crippen LogP contribution >= 0.6 is 0 Å². The molecule has 0 spiro atoms. The number of nitrogens with one attached hydrogen (secondary N) is 2. The van der Waals surface area contributed by atoms with Gasteiger partial charge in [0.25, 0.3) is 11.5 Å². The average Bonchev–Trinajstić information content (AvgIpc) is 2.50. The van der Waals surface area contributed by atoms with Crippen molar-refractivity contribution in [3.05, 3.63) is 69.1 Å². The maximum Gasteiger partial charge on any atom is 0.260 e. The monoisotopic (exact) mass is 296 g/mol. The van der Waals surface area contributed by atoms with Crippen LogP contribution in [0.25, 0.3) is 10.9 Å². The number of benzene rings is 1. The Morgan fingerprint density at radius 2 is 2.05 bits per heavy atom. The van der Waals surface area contributed by atoms with E-state index in [0.29, 0.717) is 22.2 Å². The summed E-state index contributed by atoms with van der Waals surface area (Å²) in [5, 5.41) is 3.06. The van der Waals surface area contributed by atoms with Gasteiger partial charge in [0, 0.05) is 30.6 Å². The number of nitrogens with zero attached hydrogens (tertiary/aromatic N) is 2. The van der Waals surface area contributed by atoms with E-state index < -0.39 is 0 Å². The molecule has 0 aliphatic heterocycles. The Kier molecular flexibility index (Phi) is 3.30. The van der Waals surface area contributed by atoms with Gasteiger partial charge in [0.1, 0.15) is 0 Å². The summed E-state index contributed by atoms with van der Waals surface area (Å²) >= 11 is 0. The van der Waals surface area contributed by atoms with Crippen molar-refractivity contribution in [3.8, 4) is 0 Å². The molecule has 3 aromatic rings. The van der Waals surface area contributed by atoms with E-state index in [4.69, 9.17) is 0 Å². The lowest BCUT2D eigenvalue weighted by molar-refractivity contribution is 0.102. The summed E-state index contributed by atoms with van der Waals surface area (Å²) in [5.41, 5.74) is 0.717. The number of fused-ring (bicyclic) bond motifs is 1. The van der Waals surface area contributed by atoms with Crippen molar-refractivity contribution in [2.24, 2.45) is 7.05 Å². The molecule has 0 radical (unpaired) electrons. The number of carbonyl (C=O) groups excluding carboxylic acids is 1. The normalized spacial score (nSPS) is 10.6. The van der Waals surface area contributed by atoms with Gasteiger partial charge in [-0.25, -0.2) is 4.98 Å². The molecule has 3 rings (SSSR count). The predicted octanol–water partition coefficient (Wildman–Crippen LogP) is 0.874. The molecule has 0 unspecified atom stereocenters. The Bertz CT molecular complexity index is 988. The van der Waals surface area contributed by atoms with Gasteiger partial charge in [-0.3, -0.25) is 14.4 Å².